The highest BCUT2D eigenvalue weighted by molar-refractivity contribution is 9.10. The Balaban J connectivity index is 1.56. The summed E-state index contributed by atoms with van der Waals surface area (Å²) in [7, 11) is 0. The van der Waals surface area contributed by atoms with E-state index in [1.807, 2.05) is 12.1 Å². The lowest BCUT2D eigenvalue weighted by Crippen LogP contribution is -2.31. The van der Waals surface area contributed by atoms with Crippen molar-refractivity contribution in [3.8, 4) is 5.75 Å². The minimum atomic E-state index is 0.215. The van der Waals surface area contributed by atoms with E-state index in [1.54, 1.807) is 0 Å². The summed E-state index contributed by atoms with van der Waals surface area (Å²) in [5.41, 5.74) is 2.57. The van der Waals surface area contributed by atoms with Gasteiger partial charge in [-0.15, -0.1) is 0 Å². The van der Waals surface area contributed by atoms with E-state index in [0.717, 1.165) is 27.7 Å². The first-order valence-corrected chi connectivity index (χ1v) is 8.64. The summed E-state index contributed by atoms with van der Waals surface area (Å²) >= 11 is 6.97. The van der Waals surface area contributed by atoms with E-state index < -0.39 is 0 Å². The van der Waals surface area contributed by atoms with E-state index >= 15 is 0 Å². The second-order valence-electron chi connectivity index (χ2n) is 5.38. The SMILES string of the molecule is CC(NCC1Cc2cc(Br)ccc2O1)c1ccc(Br)cc1. The number of hydrogen-bond acceptors (Lipinski definition) is 2. The number of ether oxygens (including phenoxy) is 1. The summed E-state index contributed by atoms with van der Waals surface area (Å²) in [6, 6.07) is 15.0. The van der Waals surface area contributed by atoms with Gasteiger partial charge in [-0.25, -0.2) is 0 Å². The molecule has 1 aliphatic heterocycles. The Labute approximate surface area is 142 Å². The van der Waals surface area contributed by atoms with Crippen LogP contribution in [0.5, 0.6) is 5.75 Å². The van der Waals surface area contributed by atoms with Crippen molar-refractivity contribution in [2.45, 2.75) is 25.5 Å². The molecule has 1 aliphatic rings. The summed E-state index contributed by atoms with van der Waals surface area (Å²) in [6.45, 7) is 3.03. The van der Waals surface area contributed by atoms with Crippen LogP contribution in [0, 0.1) is 0 Å². The van der Waals surface area contributed by atoms with Crippen molar-refractivity contribution in [2.24, 2.45) is 0 Å². The Bertz CT molecular complexity index is 627. The molecule has 2 aromatic carbocycles. The zero-order chi connectivity index (χ0) is 14.8. The highest BCUT2D eigenvalue weighted by Crippen LogP contribution is 2.31. The van der Waals surface area contributed by atoms with Gasteiger partial charge in [0.05, 0.1) is 0 Å². The zero-order valence-electron chi connectivity index (χ0n) is 11.8. The van der Waals surface area contributed by atoms with Gasteiger partial charge in [0.2, 0.25) is 0 Å². The molecule has 21 heavy (non-hydrogen) atoms. The van der Waals surface area contributed by atoms with Crippen molar-refractivity contribution in [3.05, 3.63) is 62.5 Å². The quantitative estimate of drug-likeness (QED) is 0.776. The number of rotatable bonds is 4. The van der Waals surface area contributed by atoms with Gasteiger partial charge in [-0.05, 0) is 48.4 Å². The first-order chi connectivity index (χ1) is 10.1. The smallest absolute Gasteiger partial charge is 0.123 e. The van der Waals surface area contributed by atoms with Crippen molar-refractivity contribution in [1.82, 2.24) is 5.32 Å². The van der Waals surface area contributed by atoms with Gasteiger partial charge in [-0.1, -0.05) is 44.0 Å². The average Bonchev–Trinajstić information content (AvgIpc) is 2.87. The lowest BCUT2D eigenvalue weighted by Gasteiger charge is -2.17. The topological polar surface area (TPSA) is 21.3 Å². The second kappa shape index (κ2) is 6.51. The third kappa shape index (κ3) is 3.68. The molecule has 0 aliphatic carbocycles. The van der Waals surface area contributed by atoms with Gasteiger partial charge < -0.3 is 10.1 Å². The molecule has 2 atom stereocenters. The Morgan fingerprint density at radius 3 is 2.62 bits per heavy atom. The minimum Gasteiger partial charge on any atom is -0.488 e. The van der Waals surface area contributed by atoms with Gasteiger partial charge in [0.1, 0.15) is 11.9 Å². The van der Waals surface area contributed by atoms with E-state index in [4.69, 9.17) is 4.74 Å². The molecule has 110 valence electrons. The molecule has 0 aromatic heterocycles. The zero-order valence-corrected chi connectivity index (χ0v) is 14.9. The molecular formula is C17H17Br2NO. The molecule has 0 spiro atoms. The van der Waals surface area contributed by atoms with Crippen molar-refractivity contribution >= 4 is 31.9 Å². The molecular weight excluding hydrogens is 394 g/mol. The summed E-state index contributed by atoms with van der Waals surface area (Å²) in [5, 5.41) is 3.56. The van der Waals surface area contributed by atoms with Crippen LogP contribution < -0.4 is 10.1 Å². The van der Waals surface area contributed by atoms with Gasteiger partial charge in [-0.3, -0.25) is 0 Å². The van der Waals surface area contributed by atoms with Crippen LogP contribution in [-0.2, 0) is 6.42 Å². The van der Waals surface area contributed by atoms with Gasteiger partial charge in [-0.2, -0.15) is 0 Å². The molecule has 4 heteroatoms. The highest BCUT2D eigenvalue weighted by atomic mass is 79.9. The summed E-state index contributed by atoms with van der Waals surface area (Å²) < 4.78 is 8.20. The molecule has 1 heterocycles. The predicted molar refractivity (Wildman–Crippen MR) is 92.8 cm³/mol. The fraction of sp³-hybridized carbons (Fsp3) is 0.294. The van der Waals surface area contributed by atoms with E-state index in [1.165, 1.54) is 11.1 Å². The van der Waals surface area contributed by atoms with Crippen molar-refractivity contribution in [3.63, 3.8) is 0 Å². The van der Waals surface area contributed by atoms with Crippen LogP contribution in [-0.4, -0.2) is 12.6 Å². The number of nitrogens with one attached hydrogen (secondary N) is 1. The molecule has 0 bridgehead atoms. The molecule has 1 N–H and O–H groups in total. The summed E-state index contributed by atoms with van der Waals surface area (Å²) in [6.07, 6.45) is 1.18. The van der Waals surface area contributed by atoms with Gasteiger partial charge >= 0.3 is 0 Å². The van der Waals surface area contributed by atoms with Crippen molar-refractivity contribution < 1.29 is 4.74 Å². The van der Waals surface area contributed by atoms with Crippen molar-refractivity contribution in [1.29, 1.82) is 0 Å². The molecule has 0 saturated heterocycles. The lowest BCUT2D eigenvalue weighted by molar-refractivity contribution is 0.222. The Hall–Kier alpha value is -0.840. The Morgan fingerprint density at radius 2 is 1.86 bits per heavy atom. The fourth-order valence-electron chi connectivity index (χ4n) is 2.58. The first-order valence-electron chi connectivity index (χ1n) is 7.06. The lowest BCUT2D eigenvalue weighted by atomic mass is 10.1. The van der Waals surface area contributed by atoms with Gasteiger partial charge in [0.25, 0.3) is 0 Å². The summed E-state index contributed by atoms with van der Waals surface area (Å²) in [5.74, 6) is 1.02. The van der Waals surface area contributed by atoms with Crippen LogP contribution in [0.15, 0.2) is 51.4 Å². The normalized spacial score (nSPS) is 18.1. The van der Waals surface area contributed by atoms with Crippen LogP contribution in [0.1, 0.15) is 24.1 Å². The second-order valence-corrected chi connectivity index (χ2v) is 7.21. The van der Waals surface area contributed by atoms with Crippen LogP contribution in [0.2, 0.25) is 0 Å². The average molecular weight is 411 g/mol. The Morgan fingerprint density at radius 1 is 1.14 bits per heavy atom. The van der Waals surface area contributed by atoms with Crippen LogP contribution in [0.25, 0.3) is 0 Å². The van der Waals surface area contributed by atoms with Crippen LogP contribution in [0.3, 0.4) is 0 Å². The number of halogens is 2. The minimum absolute atomic E-state index is 0.215. The first kappa shape index (κ1) is 15.1. The molecule has 2 unspecified atom stereocenters. The van der Waals surface area contributed by atoms with Gasteiger partial charge in [0, 0.05) is 28.0 Å². The monoisotopic (exact) mass is 409 g/mol. The highest BCUT2D eigenvalue weighted by Gasteiger charge is 2.23. The maximum Gasteiger partial charge on any atom is 0.123 e. The van der Waals surface area contributed by atoms with Crippen molar-refractivity contribution in [2.75, 3.05) is 6.54 Å². The molecule has 2 nitrogen and oxygen atoms in total. The van der Waals surface area contributed by atoms with E-state index in [2.05, 4.69) is 74.4 Å². The number of benzene rings is 2. The fourth-order valence-corrected chi connectivity index (χ4v) is 3.25. The Kier molecular flexibility index (Phi) is 4.67. The predicted octanol–water partition coefficient (Wildman–Crippen LogP) is 4.87. The van der Waals surface area contributed by atoms with E-state index in [-0.39, 0.29) is 6.10 Å². The molecule has 3 rings (SSSR count). The van der Waals surface area contributed by atoms with Crippen LogP contribution in [0.4, 0.5) is 0 Å². The van der Waals surface area contributed by atoms with E-state index in [0.29, 0.717) is 6.04 Å². The third-order valence-electron chi connectivity index (χ3n) is 3.79. The van der Waals surface area contributed by atoms with Gasteiger partial charge in [0.15, 0.2) is 0 Å². The molecule has 0 radical (unpaired) electrons. The van der Waals surface area contributed by atoms with Crippen LogP contribution >= 0.6 is 31.9 Å². The summed E-state index contributed by atoms with van der Waals surface area (Å²) in [4.78, 5) is 0. The third-order valence-corrected chi connectivity index (χ3v) is 4.81. The standard InChI is InChI=1S/C17H17Br2NO/c1-11(12-2-4-14(18)5-3-12)20-10-16-9-13-8-15(19)6-7-17(13)21-16/h2-8,11,16,20H,9-10H2,1H3. The molecule has 0 saturated carbocycles. The maximum absolute atomic E-state index is 5.98. The van der Waals surface area contributed by atoms with E-state index in [9.17, 15) is 0 Å². The number of fused-ring (bicyclic) bond motifs is 1. The molecule has 0 fully saturated rings. The number of hydrogen-bond donors (Lipinski definition) is 1. The maximum atomic E-state index is 5.98. The largest absolute Gasteiger partial charge is 0.488 e. The molecule has 0 amide bonds. The molecule has 2 aromatic rings.